The molecule has 0 radical (unpaired) electrons. The molecule has 0 amide bonds. The molecular formula is C19H14N4O. The van der Waals surface area contributed by atoms with E-state index in [1.165, 1.54) is 0 Å². The van der Waals surface area contributed by atoms with E-state index in [0.29, 0.717) is 22.8 Å². The second kappa shape index (κ2) is 6.34. The van der Waals surface area contributed by atoms with Crippen LogP contribution < -0.4 is 5.32 Å². The SMILES string of the molecule is c1ccc(N=Nc2cccc3oc(Nc4ccccc4)nc23)cc1. The van der Waals surface area contributed by atoms with Crippen molar-refractivity contribution >= 4 is 34.2 Å². The van der Waals surface area contributed by atoms with Crippen LogP contribution in [0.15, 0.2) is 93.5 Å². The van der Waals surface area contributed by atoms with Crippen molar-refractivity contribution in [3.63, 3.8) is 0 Å². The number of oxazole rings is 1. The van der Waals surface area contributed by atoms with Gasteiger partial charge in [-0.05, 0) is 36.4 Å². The lowest BCUT2D eigenvalue weighted by Gasteiger charge is -1.98. The lowest BCUT2D eigenvalue weighted by molar-refractivity contribution is 0.623. The number of hydrogen-bond acceptors (Lipinski definition) is 5. The van der Waals surface area contributed by atoms with Crippen LogP contribution in [0, 0.1) is 0 Å². The smallest absolute Gasteiger partial charge is 0.300 e. The van der Waals surface area contributed by atoms with E-state index in [-0.39, 0.29) is 0 Å². The summed E-state index contributed by atoms with van der Waals surface area (Å²) in [7, 11) is 0. The highest BCUT2D eigenvalue weighted by atomic mass is 16.4. The maximum absolute atomic E-state index is 5.74. The monoisotopic (exact) mass is 314 g/mol. The number of azo groups is 1. The molecule has 1 heterocycles. The van der Waals surface area contributed by atoms with Crippen molar-refractivity contribution in [1.29, 1.82) is 0 Å². The van der Waals surface area contributed by atoms with Gasteiger partial charge < -0.3 is 9.73 Å². The third-order valence-electron chi connectivity index (χ3n) is 3.45. The Kier molecular flexibility index (Phi) is 3.73. The third kappa shape index (κ3) is 3.01. The lowest BCUT2D eigenvalue weighted by atomic mass is 10.3. The van der Waals surface area contributed by atoms with E-state index < -0.39 is 0 Å². The van der Waals surface area contributed by atoms with Crippen molar-refractivity contribution < 1.29 is 4.42 Å². The molecule has 116 valence electrons. The van der Waals surface area contributed by atoms with Crippen molar-refractivity contribution in [2.75, 3.05) is 5.32 Å². The summed E-state index contributed by atoms with van der Waals surface area (Å²) in [5, 5.41) is 11.7. The van der Waals surface area contributed by atoms with Gasteiger partial charge in [0.25, 0.3) is 6.01 Å². The normalized spacial score (nSPS) is 11.2. The molecule has 5 heteroatoms. The standard InChI is InChI=1S/C19H14N4O/c1-3-8-14(9-4-1)20-19-21-18-16(12-7-13-17(18)24-19)23-22-15-10-5-2-6-11-15/h1-13H,(H,20,21). The summed E-state index contributed by atoms with van der Waals surface area (Å²) in [6, 6.07) is 25.4. The van der Waals surface area contributed by atoms with Crippen LogP contribution in [0.4, 0.5) is 23.1 Å². The van der Waals surface area contributed by atoms with Gasteiger partial charge in [0.15, 0.2) is 5.58 Å². The van der Waals surface area contributed by atoms with Crippen LogP contribution in [0.1, 0.15) is 0 Å². The van der Waals surface area contributed by atoms with Crippen molar-refractivity contribution in [3.8, 4) is 0 Å². The first-order valence-corrected chi connectivity index (χ1v) is 7.57. The second-order valence-corrected chi connectivity index (χ2v) is 5.17. The Morgan fingerprint density at radius 3 is 2.29 bits per heavy atom. The zero-order valence-electron chi connectivity index (χ0n) is 12.8. The molecule has 0 saturated carbocycles. The van der Waals surface area contributed by atoms with Gasteiger partial charge >= 0.3 is 0 Å². The molecule has 1 aromatic heterocycles. The van der Waals surface area contributed by atoms with Gasteiger partial charge in [0, 0.05) is 5.69 Å². The minimum atomic E-state index is 0.429. The number of hydrogen-bond donors (Lipinski definition) is 1. The molecule has 4 rings (SSSR count). The third-order valence-corrected chi connectivity index (χ3v) is 3.45. The fraction of sp³-hybridized carbons (Fsp3) is 0. The Bertz CT molecular complexity index is 978. The van der Waals surface area contributed by atoms with E-state index in [1.54, 1.807) is 0 Å². The van der Waals surface area contributed by atoms with Crippen LogP contribution in [0.3, 0.4) is 0 Å². The number of nitrogens with one attached hydrogen (secondary N) is 1. The predicted octanol–water partition coefficient (Wildman–Crippen LogP) is 5.99. The van der Waals surface area contributed by atoms with Crippen LogP contribution in [-0.2, 0) is 0 Å². The molecule has 0 atom stereocenters. The Morgan fingerprint density at radius 1 is 0.750 bits per heavy atom. The van der Waals surface area contributed by atoms with E-state index in [2.05, 4.69) is 20.5 Å². The summed E-state index contributed by atoms with van der Waals surface area (Å²) in [6.07, 6.45) is 0. The van der Waals surface area contributed by atoms with Gasteiger partial charge in [-0.1, -0.05) is 42.5 Å². The molecule has 0 saturated heterocycles. The van der Waals surface area contributed by atoms with Crippen molar-refractivity contribution in [1.82, 2.24) is 4.98 Å². The molecule has 5 nitrogen and oxygen atoms in total. The first kappa shape index (κ1) is 14.1. The molecule has 4 aromatic rings. The molecule has 24 heavy (non-hydrogen) atoms. The maximum Gasteiger partial charge on any atom is 0.300 e. The first-order valence-electron chi connectivity index (χ1n) is 7.57. The van der Waals surface area contributed by atoms with Gasteiger partial charge in [0.2, 0.25) is 0 Å². The average Bonchev–Trinajstić information content (AvgIpc) is 3.04. The topological polar surface area (TPSA) is 62.8 Å². The number of benzene rings is 3. The quantitative estimate of drug-likeness (QED) is 0.471. The average molecular weight is 314 g/mol. The minimum absolute atomic E-state index is 0.429. The van der Waals surface area contributed by atoms with Crippen LogP contribution >= 0.6 is 0 Å². The predicted molar refractivity (Wildman–Crippen MR) is 94.4 cm³/mol. The number of para-hydroxylation sites is 2. The van der Waals surface area contributed by atoms with Crippen molar-refractivity contribution in [2.24, 2.45) is 10.2 Å². The number of nitrogens with zero attached hydrogens (tertiary/aromatic N) is 3. The summed E-state index contributed by atoms with van der Waals surface area (Å²) in [6.45, 7) is 0. The summed E-state index contributed by atoms with van der Waals surface area (Å²) < 4.78 is 5.74. The summed E-state index contributed by atoms with van der Waals surface area (Å²) >= 11 is 0. The van der Waals surface area contributed by atoms with E-state index in [1.807, 2.05) is 78.9 Å². The molecule has 1 N–H and O–H groups in total. The van der Waals surface area contributed by atoms with Gasteiger partial charge in [-0.15, -0.1) is 5.11 Å². The van der Waals surface area contributed by atoms with Crippen LogP contribution in [0.2, 0.25) is 0 Å². The Hall–Kier alpha value is -3.47. The molecular weight excluding hydrogens is 300 g/mol. The fourth-order valence-corrected chi connectivity index (χ4v) is 2.32. The van der Waals surface area contributed by atoms with Crippen molar-refractivity contribution in [3.05, 3.63) is 78.9 Å². The number of aromatic nitrogens is 1. The van der Waals surface area contributed by atoms with Crippen LogP contribution in [-0.4, -0.2) is 4.98 Å². The van der Waals surface area contributed by atoms with Gasteiger partial charge in [0.1, 0.15) is 11.2 Å². The van der Waals surface area contributed by atoms with E-state index in [0.717, 1.165) is 11.4 Å². The summed E-state index contributed by atoms with van der Waals surface area (Å²) in [5.41, 5.74) is 3.71. The molecule has 0 unspecified atom stereocenters. The van der Waals surface area contributed by atoms with Crippen LogP contribution in [0.25, 0.3) is 11.1 Å². The molecule has 0 fully saturated rings. The number of fused-ring (bicyclic) bond motifs is 1. The highest BCUT2D eigenvalue weighted by Crippen LogP contribution is 2.30. The molecule has 3 aromatic carbocycles. The van der Waals surface area contributed by atoms with Gasteiger partial charge in [-0.2, -0.15) is 10.1 Å². The first-order chi connectivity index (χ1) is 11.9. The molecule has 0 bridgehead atoms. The van der Waals surface area contributed by atoms with Gasteiger partial charge in [-0.25, -0.2) is 0 Å². The second-order valence-electron chi connectivity index (χ2n) is 5.17. The number of anilines is 2. The van der Waals surface area contributed by atoms with Crippen LogP contribution in [0.5, 0.6) is 0 Å². The van der Waals surface area contributed by atoms with E-state index >= 15 is 0 Å². The lowest BCUT2D eigenvalue weighted by Crippen LogP contribution is -1.88. The highest BCUT2D eigenvalue weighted by Gasteiger charge is 2.09. The Balaban J connectivity index is 1.66. The zero-order chi connectivity index (χ0) is 16.2. The Labute approximate surface area is 138 Å². The van der Waals surface area contributed by atoms with Gasteiger partial charge in [0.05, 0.1) is 5.69 Å². The maximum atomic E-state index is 5.74. The van der Waals surface area contributed by atoms with E-state index in [4.69, 9.17) is 4.42 Å². The molecule has 0 aliphatic carbocycles. The summed E-state index contributed by atoms with van der Waals surface area (Å²) in [5.74, 6) is 0. The van der Waals surface area contributed by atoms with E-state index in [9.17, 15) is 0 Å². The van der Waals surface area contributed by atoms with Gasteiger partial charge in [-0.3, -0.25) is 0 Å². The minimum Gasteiger partial charge on any atom is -0.423 e. The fourth-order valence-electron chi connectivity index (χ4n) is 2.32. The number of rotatable bonds is 4. The summed E-state index contributed by atoms with van der Waals surface area (Å²) in [4.78, 5) is 4.49. The molecule has 0 spiro atoms. The largest absolute Gasteiger partial charge is 0.423 e. The molecule has 0 aliphatic heterocycles. The zero-order valence-corrected chi connectivity index (χ0v) is 12.8. The van der Waals surface area contributed by atoms with Crippen molar-refractivity contribution in [2.45, 2.75) is 0 Å². The Morgan fingerprint density at radius 2 is 1.50 bits per heavy atom. The highest BCUT2D eigenvalue weighted by molar-refractivity contribution is 5.86. The molecule has 0 aliphatic rings.